The van der Waals surface area contributed by atoms with Crippen molar-refractivity contribution in [3.8, 4) is 17.1 Å². The summed E-state index contributed by atoms with van der Waals surface area (Å²) in [6.45, 7) is 3.74. The molecule has 0 amide bonds. The fourth-order valence-electron chi connectivity index (χ4n) is 2.73. The van der Waals surface area contributed by atoms with Crippen LogP contribution in [0.2, 0.25) is 0 Å². The van der Waals surface area contributed by atoms with Gasteiger partial charge < -0.3 is 14.5 Å². The van der Waals surface area contributed by atoms with E-state index in [1.54, 1.807) is 0 Å². The molecule has 1 saturated heterocycles. The maximum absolute atomic E-state index is 6.05. The standard InChI is InChI=1S/C17H21NO2/c1-2-19-15-9-4-3-7-13(15)16-10-11-17(20-16)14-8-5-6-12-18-14/h3-4,7,9-11,14,18H,2,5-6,8,12H2,1H3/t14-/m1/s1. The van der Waals surface area contributed by atoms with Crippen molar-refractivity contribution in [3.63, 3.8) is 0 Å². The molecule has 3 nitrogen and oxygen atoms in total. The van der Waals surface area contributed by atoms with E-state index in [4.69, 9.17) is 9.15 Å². The molecule has 3 rings (SSSR count). The average Bonchev–Trinajstić information content (AvgIpc) is 2.99. The number of nitrogens with one attached hydrogen (secondary N) is 1. The third kappa shape index (κ3) is 2.73. The molecule has 106 valence electrons. The number of para-hydroxylation sites is 1. The van der Waals surface area contributed by atoms with Crippen LogP contribution in [0.5, 0.6) is 5.75 Å². The predicted octanol–water partition coefficient (Wildman–Crippen LogP) is 4.16. The molecule has 20 heavy (non-hydrogen) atoms. The van der Waals surface area contributed by atoms with Crippen molar-refractivity contribution in [2.24, 2.45) is 0 Å². The molecule has 0 radical (unpaired) electrons. The molecule has 1 N–H and O–H groups in total. The topological polar surface area (TPSA) is 34.4 Å². The number of piperidine rings is 1. The minimum Gasteiger partial charge on any atom is -0.493 e. The predicted molar refractivity (Wildman–Crippen MR) is 79.9 cm³/mol. The quantitative estimate of drug-likeness (QED) is 0.906. The molecule has 0 saturated carbocycles. The SMILES string of the molecule is CCOc1ccccc1-c1ccc([C@H]2CCCCN2)o1. The zero-order chi connectivity index (χ0) is 13.8. The van der Waals surface area contributed by atoms with Gasteiger partial charge in [0.25, 0.3) is 0 Å². The third-order valence-electron chi connectivity index (χ3n) is 3.73. The summed E-state index contributed by atoms with van der Waals surface area (Å²) in [5.74, 6) is 2.80. The van der Waals surface area contributed by atoms with Gasteiger partial charge >= 0.3 is 0 Å². The highest BCUT2D eigenvalue weighted by Gasteiger charge is 2.19. The Morgan fingerprint density at radius 2 is 2.10 bits per heavy atom. The van der Waals surface area contributed by atoms with Crippen molar-refractivity contribution in [3.05, 3.63) is 42.2 Å². The molecule has 1 aromatic heterocycles. The van der Waals surface area contributed by atoms with Gasteiger partial charge in [-0.25, -0.2) is 0 Å². The van der Waals surface area contributed by atoms with Crippen LogP contribution in [-0.2, 0) is 0 Å². The maximum atomic E-state index is 6.05. The molecule has 0 spiro atoms. The number of hydrogen-bond donors (Lipinski definition) is 1. The van der Waals surface area contributed by atoms with Gasteiger partial charge in [-0.2, -0.15) is 0 Å². The van der Waals surface area contributed by atoms with E-state index >= 15 is 0 Å². The summed E-state index contributed by atoms with van der Waals surface area (Å²) in [7, 11) is 0. The number of benzene rings is 1. The van der Waals surface area contributed by atoms with E-state index in [0.717, 1.165) is 35.8 Å². The lowest BCUT2D eigenvalue weighted by Gasteiger charge is -2.21. The number of rotatable bonds is 4. The van der Waals surface area contributed by atoms with E-state index in [2.05, 4.69) is 11.4 Å². The van der Waals surface area contributed by atoms with Crippen molar-refractivity contribution in [1.29, 1.82) is 0 Å². The minimum absolute atomic E-state index is 0.358. The van der Waals surface area contributed by atoms with Crippen LogP contribution in [0.15, 0.2) is 40.8 Å². The molecule has 2 heterocycles. The first-order valence-electron chi connectivity index (χ1n) is 7.44. The van der Waals surface area contributed by atoms with Crippen LogP contribution < -0.4 is 10.1 Å². The Hall–Kier alpha value is -1.74. The number of hydrogen-bond acceptors (Lipinski definition) is 3. The van der Waals surface area contributed by atoms with Gasteiger partial charge in [-0.1, -0.05) is 18.6 Å². The lowest BCUT2D eigenvalue weighted by atomic mass is 10.0. The Labute approximate surface area is 119 Å². The van der Waals surface area contributed by atoms with E-state index < -0.39 is 0 Å². The van der Waals surface area contributed by atoms with Gasteiger partial charge in [-0.3, -0.25) is 0 Å². The molecular weight excluding hydrogens is 250 g/mol. The van der Waals surface area contributed by atoms with E-state index in [0.29, 0.717) is 12.6 Å². The zero-order valence-electron chi connectivity index (χ0n) is 11.9. The van der Waals surface area contributed by atoms with E-state index in [9.17, 15) is 0 Å². The van der Waals surface area contributed by atoms with Gasteiger partial charge in [0.15, 0.2) is 0 Å². The highest BCUT2D eigenvalue weighted by molar-refractivity contribution is 5.65. The molecule has 0 unspecified atom stereocenters. The van der Waals surface area contributed by atoms with E-state index in [1.165, 1.54) is 12.8 Å². The fraction of sp³-hybridized carbons (Fsp3) is 0.412. The highest BCUT2D eigenvalue weighted by atomic mass is 16.5. The Morgan fingerprint density at radius 1 is 1.20 bits per heavy atom. The summed E-state index contributed by atoms with van der Waals surface area (Å²) in [5, 5.41) is 3.51. The fourth-order valence-corrected chi connectivity index (χ4v) is 2.73. The summed E-state index contributed by atoms with van der Waals surface area (Å²) >= 11 is 0. The van der Waals surface area contributed by atoms with Gasteiger partial charge in [0.2, 0.25) is 0 Å². The molecule has 3 heteroatoms. The largest absolute Gasteiger partial charge is 0.493 e. The molecule has 0 aliphatic carbocycles. The summed E-state index contributed by atoms with van der Waals surface area (Å²) in [4.78, 5) is 0. The Bertz CT molecular complexity index is 556. The van der Waals surface area contributed by atoms with Gasteiger partial charge in [-0.05, 0) is 50.6 Å². The molecule has 1 aliphatic heterocycles. The van der Waals surface area contributed by atoms with Crippen LogP contribution >= 0.6 is 0 Å². The second-order valence-electron chi connectivity index (χ2n) is 5.13. The van der Waals surface area contributed by atoms with Crippen LogP contribution in [0, 0.1) is 0 Å². The molecular formula is C17H21NO2. The van der Waals surface area contributed by atoms with Gasteiger partial charge in [-0.15, -0.1) is 0 Å². The van der Waals surface area contributed by atoms with Crippen LogP contribution in [0.4, 0.5) is 0 Å². The number of ether oxygens (including phenoxy) is 1. The number of furan rings is 1. The first-order chi connectivity index (χ1) is 9.88. The Kier molecular flexibility index (Phi) is 4.07. The first kappa shape index (κ1) is 13.3. The summed E-state index contributed by atoms with van der Waals surface area (Å²) in [5.41, 5.74) is 1.02. The van der Waals surface area contributed by atoms with Crippen molar-refractivity contribution < 1.29 is 9.15 Å². The average molecular weight is 271 g/mol. The second-order valence-corrected chi connectivity index (χ2v) is 5.13. The summed E-state index contributed by atoms with van der Waals surface area (Å²) in [6, 6.07) is 12.5. The molecule has 0 bridgehead atoms. The summed E-state index contributed by atoms with van der Waals surface area (Å²) in [6.07, 6.45) is 3.68. The van der Waals surface area contributed by atoms with Gasteiger partial charge in [0.1, 0.15) is 17.3 Å². The van der Waals surface area contributed by atoms with Crippen molar-refractivity contribution in [1.82, 2.24) is 5.32 Å². The Morgan fingerprint density at radius 3 is 2.90 bits per heavy atom. The van der Waals surface area contributed by atoms with E-state index in [1.807, 2.05) is 37.3 Å². The second kappa shape index (κ2) is 6.14. The minimum atomic E-state index is 0.358. The molecule has 1 aliphatic rings. The van der Waals surface area contributed by atoms with Gasteiger partial charge in [0, 0.05) is 0 Å². The molecule has 1 atom stereocenters. The maximum Gasteiger partial charge on any atom is 0.138 e. The molecule has 2 aromatic rings. The molecule has 1 fully saturated rings. The van der Waals surface area contributed by atoms with Crippen LogP contribution in [0.1, 0.15) is 38.0 Å². The Balaban J connectivity index is 1.86. The van der Waals surface area contributed by atoms with Gasteiger partial charge in [0.05, 0.1) is 18.2 Å². The van der Waals surface area contributed by atoms with Crippen molar-refractivity contribution in [2.45, 2.75) is 32.2 Å². The zero-order valence-corrected chi connectivity index (χ0v) is 11.9. The summed E-state index contributed by atoms with van der Waals surface area (Å²) < 4.78 is 11.7. The van der Waals surface area contributed by atoms with Crippen molar-refractivity contribution in [2.75, 3.05) is 13.2 Å². The van der Waals surface area contributed by atoms with E-state index in [-0.39, 0.29) is 0 Å². The first-order valence-corrected chi connectivity index (χ1v) is 7.44. The third-order valence-corrected chi connectivity index (χ3v) is 3.73. The lowest BCUT2D eigenvalue weighted by Crippen LogP contribution is -2.26. The monoisotopic (exact) mass is 271 g/mol. The smallest absolute Gasteiger partial charge is 0.138 e. The van der Waals surface area contributed by atoms with Crippen LogP contribution in [-0.4, -0.2) is 13.2 Å². The molecule has 1 aromatic carbocycles. The normalized spacial score (nSPS) is 18.9. The van der Waals surface area contributed by atoms with Crippen molar-refractivity contribution >= 4 is 0 Å². The lowest BCUT2D eigenvalue weighted by molar-refractivity contribution is 0.337. The highest BCUT2D eigenvalue weighted by Crippen LogP contribution is 2.34. The van der Waals surface area contributed by atoms with Crippen LogP contribution in [0.3, 0.4) is 0 Å². The van der Waals surface area contributed by atoms with Crippen LogP contribution in [0.25, 0.3) is 11.3 Å².